The number of pyridine rings is 1. The van der Waals surface area contributed by atoms with Crippen LogP contribution < -0.4 is 4.74 Å². The fraction of sp³-hybridized carbons (Fsp3) is 0.0714. The number of nitrogens with zero attached hydrogens (tertiary/aromatic N) is 3. The molecule has 3 rings (SSSR count). The molecule has 0 aliphatic carbocycles. The lowest BCUT2D eigenvalue weighted by atomic mass is 10.2. The van der Waals surface area contributed by atoms with Gasteiger partial charge in [0.15, 0.2) is 0 Å². The van der Waals surface area contributed by atoms with Gasteiger partial charge in [-0.2, -0.15) is 4.98 Å². The number of aromatic nitrogens is 3. The van der Waals surface area contributed by atoms with Gasteiger partial charge in [0, 0.05) is 23.5 Å². The minimum atomic E-state index is 0.101. The van der Waals surface area contributed by atoms with Crippen LogP contribution in [-0.2, 0) is 6.61 Å². The molecule has 0 aliphatic heterocycles. The van der Waals surface area contributed by atoms with E-state index in [1.54, 1.807) is 18.5 Å². The number of halogens is 1. The number of rotatable bonds is 4. The molecule has 0 N–H and O–H groups in total. The SMILES string of the molecule is Clc1ccccc1-c1noc(OCc2cccnc2)n1. The highest BCUT2D eigenvalue weighted by Gasteiger charge is 2.12. The van der Waals surface area contributed by atoms with Gasteiger partial charge in [0.25, 0.3) is 0 Å². The zero-order valence-corrected chi connectivity index (χ0v) is 11.1. The maximum absolute atomic E-state index is 6.07. The molecule has 3 aromatic rings. The van der Waals surface area contributed by atoms with Crippen LogP contribution in [0.2, 0.25) is 5.02 Å². The van der Waals surface area contributed by atoms with Crippen molar-refractivity contribution in [3.8, 4) is 17.5 Å². The molecule has 0 atom stereocenters. The number of hydrogen-bond donors (Lipinski definition) is 0. The first kappa shape index (κ1) is 12.6. The van der Waals surface area contributed by atoms with Gasteiger partial charge in [-0.3, -0.25) is 9.51 Å². The van der Waals surface area contributed by atoms with Crippen molar-refractivity contribution >= 4 is 11.6 Å². The van der Waals surface area contributed by atoms with Crippen molar-refractivity contribution in [1.29, 1.82) is 0 Å². The van der Waals surface area contributed by atoms with E-state index in [2.05, 4.69) is 15.1 Å². The summed E-state index contributed by atoms with van der Waals surface area (Å²) in [6.07, 6.45) is 3.51. The first-order valence-electron chi connectivity index (χ1n) is 5.93. The molecule has 2 aromatic heterocycles. The maximum Gasteiger partial charge on any atom is 0.417 e. The summed E-state index contributed by atoms with van der Waals surface area (Å²) in [5, 5.41) is 4.41. The Morgan fingerprint density at radius 1 is 1.15 bits per heavy atom. The van der Waals surface area contributed by atoms with E-state index in [9.17, 15) is 0 Å². The molecule has 0 unspecified atom stereocenters. The van der Waals surface area contributed by atoms with Crippen LogP contribution in [0.3, 0.4) is 0 Å². The molecular weight excluding hydrogens is 278 g/mol. The maximum atomic E-state index is 6.07. The van der Waals surface area contributed by atoms with E-state index in [0.717, 1.165) is 5.56 Å². The van der Waals surface area contributed by atoms with Gasteiger partial charge in [-0.05, 0) is 18.2 Å². The van der Waals surface area contributed by atoms with Gasteiger partial charge in [0.1, 0.15) is 6.61 Å². The van der Waals surface area contributed by atoms with Crippen molar-refractivity contribution in [1.82, 2.24) is 15.1 Å². The van der Waals surface area contributed by atoms with Crippen molar-refractivity contribution < 1.29 is 9.26 Å². The first-order valence-corrected chi connectivity index (χ1v) is 6.31. The van der Waals surface area contributed by atoms with E-state index in [0.29, 0.717) is 23.0 Å². The van der Waals surface area contributed by atoms with Gasteiger partial charge >= 0.3 is 6.08 Å². The highest BCUT2D eigenvalue weighted by Crippen LogP contribution is 2.26. The Kier molecular flexibility index (Phi) is 3.60. The van der Waals surface area contributed by atoms with E-state index in [-0.39, 0.29) is 6.08 Å². The van der Waals surface area contributed by atoms with E-state index in [1.807, 2.05) is 30.3 Å². The van der Waals surface area contributed by atoms with E-state index in [1.165, 1.54) is 0 Å². The molecule has 5 nitrogen and oxygen atoms in total. The Hall–Kier alpha value is -2.40. The van der Waals surface area contributed by atoms with Crippen LogP contribution >= 0.6 is 11.6 Å². The highest BCUT2D eigenvalue weighted by molar-refractivity contribution is 6.33. The number of hydrogen-bond acceptors (Lipinski definition) is 5. The van der Waals surface area contributed by atoms with Gasteiger partial charge in [-0.15, -0.1) is 0 Å². The molecule has 0 radical (unpaired) electrons. The first-order chi connectivity index (χ1) is 9.83. The molecular formula is C14H10ClN3O2. The van der Waals surface area contributed by atoms with Crippen LogP contribution in [0.15, 0.2) is 53.3 Å². The monoisotopic (exact) mass is 287 g/mol. The summed E-state index contributed by atoms with van der Waals surface area (Å²) in [5.74, 6) is 0.400. The molecule has 0 saturated carbocycles. The lowest BCUT2D eigenvalue weighted by molar-refractivity contribution is 0.195. The summed E-state index contributed by atoms with van der Waals surface area (Å²) in [4.78, 5) is 8.15. The van der Waals surface area contributed by atoms with Crippen molar-refractivity contribution in [3.05, 3.63) is 59.4 Å². The average molecular weight is 288 g/mol. The molecule has 0 saturated heterocycles. The molecule has 6 heteroatoms. The van der Waals surface area contributed by atoms with E-state index >= 15 is 0 Å². The molecule has 0 amide bonds. The quantitative estimate of drug-likeness (QED) is 0.736. The van der Waals surface area contributed by atoms with E-state index in [4.69, 9.17) is 20.9 Å². The minimum absolute atomic E-state index is 0.101. The smallest absolute Gasteiger partial charge is 0.417 e. The highest BCUT2D eigenvalue weighted by atomic mass is 35.5. The van der Waals surface area contributed by atoms with Gasteiger partial charge in [0.05, 0.1) is 5.02 Å². The standard InChI is InChI=1S/C14H10ClN3O2/c15-12-6-2-1-5-11(12)13-17-14(20-18-13)19-9-10-4-3-7-16-8-10/h1-8H,9H2. The van der Waals surface area contributed by atoms with Crippen molar-refractivity contribution in [2.45, 2.75) is 6.61 Å². The zero-order valence-electron chi connectivity index (χ0n) is 10.4. The summed E-state index contributed by atoms with van der Waals surface area (Å²) in [6, 6.07) is 11.0. The molecule has 0 fully saturated rings. The summed E-state index contributed by atoms with van der Waals surface area (Å²) in [6.45, 7) is 0.317. The van der Waals surface area contributed by atoms with Crippen LogP contribution in [0, 0.1) is 0 Å². The molecule has 0 aliphatic rings. The second-order valence-electron chi connectivity index (χ2n) is 4.01. The Bertz CT molecular complexity index is 700. The topological polar surface area (TPSA) is 61.0 Å². The number of benzene rings is 1. The summed E-state index contributed by atoms with van der Waals surface area (Å²) < 4.78 is 10.4. The van der Waals surface area contributed by atoms with Crippen molar-refractivity contribution in [2.24, 2.45) is 0 Å². The third kappa shape index (κ3) is 2.78. The van der Waals surface area contributed by atoms with Crippen LogP contribution in [0.1, 0.15) is 5.56 Å². The molecule has 0 spiro atoms. The molecule has 0 bridgehead atoms. The Balaban J connectivity index is 1.73. The Morgan fingerprint density at radius 3 is 2.85 bits per heavy atom. The van der Waals surface area contributed by atoms with Gasteiger partial charge in [-0.25, -0.2) is 0 Å². The summed E-state index contributed by atoms with van der Waals surface area (Å²) in [7, 11) is 0. The van der Waals surface area contributed by atoms with Gasteiger partial charge < -0.3 is 4.74 Å². The van der Waals surface area contributed by atoms with Crippen molar-refractivity contribution in [2.75, 3.05) is 0 Å². The normalized spacial score (nSPS) is 10.4. The predicted molar refractivity (Wildman–Crippen MR) is 73.3 cm³/mol. The minimum Gasteiger partial charge on any atom is -0.444 e. The molecule has 20 heavy (non-hydrogen) atoms. The van der Waals surface area contributed by atoms with Gasteiger partial charge in [0.2, 0.25) is 5.82 Å². The molecule has 1 aromatic carbocycles. The fourth-order valence-electron chi connectivity index (χ4n) is 1.65. The predicted octanol–water partition coefficient (Wildman–Crippen LogP) is 3.36. The van der Waals surface area contributed by atoms with Crippen molar-refractivity contribution in [3.63, 3.8) is 0 Å². The summed E-state index contributed by atoms with van der Waals surface area (Å²) >= 11 is 6.07. The Labute approximate surface area is 120 Å². The second kappa shape index (κ2) is 5.71. The van der Waals surface area contributed by atoms with Crippen LogP contribution in [0.5, 0.6) is 6.08 Å². The molecule has 2 heterocycles. The zero-order chi connectivity index (χ0) is 13.8. The lowest BCUT2D eigenvalue weighted by Crippen LogP contribution is -1.95. The fourth-order valence-corrected chi connectivity index (χ4v) is 1.87. The summed E-state index contributed by atoms with van der Waals surface area (Å²) in [5.41, 5.74) is 1.62. The third-order valence-electron chi connectivity index (χ3n) is 2.61. The van der Waals surface area contributed by atoms with Crippen LogP contribution in [0.4, 0.5) is 0 Å². The Morgan fingerprint density at radius 2 is 2.05 bits per heavy atom. The number of ether oxygens (including phenoxy) is 1. The average Bonchev–Trinajstić information content (AvgIpc) is 2.95. The lowest BCUT2D eigenvalue weighted by Gasteiger charge is -1.99. The van der Waals surface area contributed by atoms with E-state index < -0.39 is 0 Å². The second-order valence-corrected chi connectivity index (χ2v) is 4.42. The van der Waals surface area contributed by atoms with Crippen LogP contribution in [-0.4, -0.2) is 15.1 Å². The largest absolute Gasteiger partial charge is 0.444 e. The third-order valence-corrected chi connectivity index (χ3v) is 2.94. The molecule has 100 valence electrons. The van der Waals surface area contributed by atoms with Gasteiger partial charge in [-0.1, -0.05) is 35.0 Å². The van der Waals surface area contributed by atoms with Crippen LogP contribution in [0.25, 0.3) is 11.4 Å².